The molecule has 0 aliphatic carbocycles. The van der Waals surface area contributed by atoms with E-state index in [1.54, 1.807) is 11.3 Å². The number of aliphatic imine (C=N–C) groups is 1. The average molecular weight is 354 g/mol. The minimum Gasteiger partial charge on any atom is -0.380 e. The maximum absolute atomic E-state index is 13.1. The summed E-state index contributed by atoms with van der Waals surface area (Å²) in [4.78, 5) is 13.4. The van der Waals surface area contributed by atoms with E-state index < -0.39 is 6.10 Å². The Morgan fingerprint density at radius 2 is 2.04 bits per heavy atom. The van der Waals surface area contributed by atoms with Gasteiger partial charge in [-0.2, -0.15) is 0 Å². The highest BCUT2D eigenvalue weighted by Crippen LogP contribution is 2.32. The van der Waals surface area contributed by atoms with Crippen molar-refractivity contribution in [3.63, 3.8) is 0 Å². The molecule has 1 aliphatic heterocycles. The van der Waals surface area contributed by atoms with E-state index >= 15 is 0 Å². The van der Waals surface area contributed by atoms with Gasteiger partial charge in [0.1, 0.15) is 17.8 Å². The van der Waals surface area contributed by atoms with Gasteiger partial charge in [-0.25, -0.2) is 14.4 Å². The molecule has 0 spiro atoms. The van der Waals surface area contributed by atoms with Crippen molar-refractivity contribution in [1.29, 1.82) is 0 Å². The first kappa shape index (κ1) is 15.9. The number of aliphatic hydroxyl groups is 1. The summed E-state index contributed by atoms with van der Waals surface area (Å²) >= 11 is 1.54. The molecule has 0 bridgehead atoms. The van der Waals surface area contributed by atoms with Crippen LogP contribution in [0.4, 0.5) is 10.2 Å². The number of aliphatic hydroxyl groups excluding tert-OH is 1. The van der Waals surface area contributed by atoms with Crippen molar-refractivity contribution in [2.24, 2.45) is 4.99 Å². The van der Waals surface area contributed by atoms with Gasteiger partial charge in [-0.3, -0.25) is 4.99 Å². The largest absolute Gasteiger partial charge is 0.380 e. The van der Waals surface area contributed by atoms with Gasteiger partial charge in [0.05, 0.1) is 16.8 Å². The molecule has 1 unspecified atom stereocenters. The quantitative estimate of drug-likeness (QED) is 0.754. The number of nitrogens with zero attached hydrogens (tertiary/aromatic N) is 3. The van der Waals surface area contributed by atoms with Crippen LogP contribution in [0.5, 0.6) is 0 Å². The van der Waals surface area contributed by atoms with Crippen LogP contribution in [0.3, 0.4) is 0 Å². The Balaban J connectivity index is 1.79. The van der Waals surface area contributed by atoms with Gasteiger partial charge < -0.3 is 10.4 Å². The lowest BCUT2D eigenvalue weighted by Gasteiger charge is -2.13. The fourth-order valence-electron chi connectivity index (χ4n) is 2.62. The minimum atomic E-state index is -1.04. The third kappa shape index (κ3) is 3.04. The average Bonchev–Trinajstić information content (AvgIpc) is 3.25. The third-order valence-corrected chi connectivity index (χ3v) is 5.02. The molecule has 3 heterocycles. The summed E-state index contributed by atoms with van der Waals surface area (Å²) in [6.45, 7) is 2.61. The first-order valence-electron chi connectivity index (χ1n) is 7.79. The number of aromatic nitrogens is 2. The number of aryl methyl sites for hydroxylation is 1. The van der Waals surface area contributed by atoms with Crippen molar-refractivity contribution in [2.45, 2.75) is 13.0 Å². The normalized spacial score (nSPS) is 14.8. The molecule has 4 rings (SSSR count). The molecule has 2 N–H and O–H groups in total. The molecular formula is C18H15FN4OS. The molecule has 7 heteroatoms. The predicted octanol–water partition coefficient (Wildman–Crippen LogP) is 3.60. The number of benzene rings is 1. The van der Waals surface area contributed by atoms with Crippen LogP contribution < -0.4 is 5.32 Å². The van der Waals surface area contributed by atoms with Gasteiger partial charge in [0.15, 0.2) is 11.6 Å². The summed E-state index contributed by atoms with van der Waals surface area (Å²) in [6, 6.07) is 5.68. The molecule has 25 heavy (non-hydrogen) atoms. The molecule has 1 aliphatic rings. The van der Waals surface area contributed by atoms with Crippen molar-refractivity contribution in [3.8, 4) is 0 Å². The van der Waals surface area contributed by atoms with E-state index in [9.17, 15) is 9.50 Å². The van der Waals surface area contributed by atoms with Crippen LogP contribution in [0.2, 0.25) is 0 Å². The monoisotopic (exact) mass is 354 g/mol. The summed E-state index contributed by atoms with van der Waals surface area (Å²) in [5.74, 6) is 1.26. The summed E-state index contributed by atoms with van der Waals surface area (Å²) in [5, 5.41) is 15.8. The van der Waals surface area contributed by atoms with Crippen LogP contribution in [0, 0.1) is 12.7 Å². The van der Waals surface area contributed by atoms with Crippen LogP contribution in [-0.2, 0) is 0 Å². The van der Waals surface area contributed by atoms with Gasteiger partial charge in [0.2, 0.25) is 0 Å². The second kappa shape index (κ2) is 6.34. The smallest absolute Gasteiger partial charge is 0.164 e. The molecule has 2 aromatic heterocycles. The lowest BCUT2D eigenvalue weighted by molar-refractivity contribution is 0.210. The Morgan fingerprint density at radius 1 is 1.24 bits per heavy atom. The fraction of sp³-hybridized carbons (Fsp3) is 0.167. The van der Waals surface area contributed by atoms with E-state index in [1.807, 2.05) is 24.5 Å². The van der Waals surface area contributed by atoms with Gasteiger partial charge in [0.25, 0.3) is 0 Å². The zero-order valence-electron chi connectivity index (χ0n) is 13.4. The Bertz CT molecular complexity index is 994. The SMILES string of the molecule is Cc1csc2c(NC3=NCC=C3)nc(C(O)c3ccc(F)cc3)nc12. The highest BCUT2D eigenvalue weighted by Gasteiger charge is 2.19. The summed E-state index contributed by atoms with van der Waals surface area (Å²) in [6.07, 6.45) is 2.81. The molecule has 0 saturated carbocycles. The topological polar surface area (TPSA) is 70.4 Å². The number of rotatable bonds is 3. The summed E-state index contributed by atoms with van der Waals surface area (Å²) in [5.41, 5.74) is 2.35. The third-order valence-electron chi connectivity index (χ3n) is 3.93. The second-order valence-electron chi connectivity index (χ2n) is 5.73. The van der Waals surface area contributed by atoms with Crippen molar-refractivity contribution in [3.05, 3.63) is 64.6 Å². The van der Waals surface area contributed by atoms with Gasteiger partial charge >= 0.3 is 0 Å². The molecule has 1 aromatic carbocycles. The Hall–Kier alpha value is -2.64. The van der Waals surface area contributed by atoms with E-state index in [2.05, 4.69) is 20.3 Å². The molecule has 126 valence electrons. The van der Waals surface area contributed by atoms with Gasteiger partial charge in [-0.05, 0) is 41.6 Å². The molecule has 0 fully saturated rings. The van der Waals surface area contributed by atoms with Crippen LogP contribution in [0.25, 0.3) is 10.2 Å². The molecular weight excluding hydrogens is 339 g/mol. The highest BCUT2D eigenvalue weighted by atomic mass is 32.1. The van der Waals surface area contributed by atoms with Crippen LogP contribution >= 0.6 is 11.3 Å². The van der Waals surface area contributed by atoms with E-state index in [0.717, 1.165) is 21.6 Å². The Morgan fingerprint density at radius 3 is 2.76 bits per heavy atom. The number of hydrogen-bond acceptors (Lipinski definition) is 6. The first-order chi connectivity index (χ1) is 12.1. The van der Waals surface area contributed by atoms with Crippen LogP contribution in [0.1, 0.15) is 23.1 Å². The van der Waals surface area contributed by atoms with E-state index in [-0.39, 0.29) is 11.6 Å². The number of thiophene rings is 1. The van der Waals surface area contributed by atoms with Crippen LogP contribution in [0.15, 0.2) is 46.8 Å². The second-order valence-corrected chi connectivity index (χ2v) is 6.61. The standard InChI is InChI=1S/C18H15FN4OS/c1-10-9-25-16-14(10)22-17(15(24)11-4-6-12(19)7-5-11)23-18(16)21-13-3-2-8-20-13/h2-7,9,15,24H,8H2,1H3,(H,20,21,22,23). The zero-order chi connectivity index (χ0) is 17.4. The zero-order valence-corrected chi connectivity index (χ0v) is 14.2. The number of amidine groups is 1. The Kier molecular flexibility index (Phi) is 4.03. The number of anilines is 1. The number of fused-ring (bicyclic) bond motifs is 1. The molecule has 0 saturated heterocycles. The number of hydrogen-bond donors (Lipinski definition) is 2. The van der Waals surface area contributed by atoms with Crippen molar-refractivity contribution < 1.29 is 9.50 Å². The predicted molar refractivity (Wildman–Crippen MR) is 97.7 cm³/mol. The summed E-state index contributed by atoms with van der Waals surface area (Å²) in [7, 11) is 0. The van der Waals surface area contributed by atoms with Crippen molar-refractivity contribution in [1.82, 2.24) is 9.97 Å². The van der Waals surface area contributed by atoms with Crippen LogP contribution in [-0.4, -0.2) is 27.5 Å². The van der Waals surface area contributed by atoms with Gasteiger partial charge in [0, 0.05) is 0 Å². The lowest BCUT2D eigenvalue weighted by atomic mass is 10.1. The molecule has 1 atom stereocenters. The van der Waals surface area contributed by atoms with Gasteiger partial charge in [-0.15, -0.1) is 11.3 Å². The summed E-state index contributed by atoms with van der Waals surface area (Å²) < 4.78 is 14.0. The Labute approximate surface area is 147 Å². The molecule has 0 amide bonds. The van der Waals surface area contributed by atoms with E-state index in [0.29, 0.717) is 17.9 Å². The highest BCUT2D eigenvalue weighted by molar-refractivity contribution is 7.18. The van der Waals surface area contributed by atoms with E-state index in [4.69, 9.17) is 0 Å². The van der Waals surface area contributed by atoms with Gasteiger partial charge in [-0.1, -0.05) is 18.2 Å². The lowest BCUT2D eigenvalue weighted by Crippen LogP contribution is -2.12. The van der Waals surface area contributed by atoms with Crippen molar-refractivity contribution >= 4 is 33.2 Å². The minimum absolute atomic E-state index is 0.269. The maximum atomic E-state index is 13.1. The fourth-order valence-corrected chi connectivity index (χ4v) is 3.55. The number of nitrogens with one attached hydrogen (secondary N) is 1. The van der Waals surface area contributed by atoms with E-state index in [1.165, 1.54) is 24.3 Å². The van der Waals surface area contributed by atoms with Crippen molar-refractivity contribution in [2.75, 3.05) is 11.9 Å². The molecule has 0 radical (unpaired) electrons. The maximum Gasteiger partial charge on any atom is 0.164 e. The molecule has 5 nitrogen and oxygen atoms in total. The molecule has 3 aromatic rings. The number of halogens is 1. The first-order valence-corrected chi connectivity index (χ1v) is 8.67.